The third-order valence-electron chi connectivity index (χ3n) is 2.06. The van der Waals surface area contributed by atoms with E-state index in [0.717, 1.165) is 17.6 Å². The van der Waals surface area contributed by atoms with E-state index >= 15 is 0 Å². The average Bonchev–Trinajstić information content (AvgIpc) is 2.25. The van der Waals surface area contributed by atoms with Gasteiger partial charge in [0, 0.05) is 12.7 Å². The smallest absolute Gasteiger partial charge is 0.252 e. The van der Waals surface area contributed by atoms with E-state index in [1.165, 1.54) is 0 Å². The molecule has 1 amide bonds. The summed E-state index contributed by atoms with van der Waals surface area (Å²) in [5.74, 6) is -0.0706. The van der Waals surface area contributed by atoms with Crippen LogP contribution in [0.25, 0.3) is 0 Å². The standard InChI is InChI=1S/C11H16BrN3O/c1-15(2)7-3-6-13-11(16)9-4-5-10(12)14-8-9/h4-5,8H,3,6-7H2,1-2H3,(H,13,16)/i12-4. The highest BCUT2D eigenvalue weighted by Crippen LogP contribution is 2.05. The van der Waals surface area contributed by atoms with Gasteiger partial charge in [0.1, 0.15) is 4.60 Å². The predicted octanol–water partition coefficient (Wildman–Crippen LogP) is 1.53. The Bertz CT molecular complexity index is 338. The SMILES string of the molecule is CN(C)CCCNC(=O)c1ccc([76Br])nc1. The van der Waals surface area contributed by atoms with Gasteiger partial charge in [-0.1, -0.05) is 0 Å². The fraction of sp³-hybridized carbons (Fsp3) is 0.455. The molecule has 0 saturated carbocycles. The molecule has 1 N–H and O–H groups in total. The number of rotatable bonds is 5. The van der Waals surface area contributed by atoms with Crippen LogP contribution in [-0.2, 0) is 0 Å². The highest BCUT2D eigenvalue weighted by molar-refractivity contribution is 9.10. The lowest BCUT2D eigenvalue weighted by Gasteiger charge is -2.09. The van der Waals surface area contributed by atoms with Crippen LogP contribution < -0.4 is 5.32 Å². The van der Waals surface area contributed by atoms with Crippen molar-refractivity contribution in [3.8, 4) is 0 Å². The zero-order valence-corrected chi connectivity index (χ0v) is 11.1. The van der Waals surface area contributed by atoms with Crippen molar-refractivity contribution in [3.63, 3.8) is 0 Å². The van der Waals surface area contributed by atoms with E-state index < -0.39 is 0 Å². The minimum Gasteiger partial charge on any atom is -0.352 e. The minimum absolute atomic E-state index is 0.0706. The van der Waals surface area contributed by atoms with Crippen LogP contribution in [0.4, 0.5) is 0 Å². The molecule has 1 aromatic rings. The third kappa shape index (κ3) is 4.72. The number of carbonyl (C=O) groups is 1. The Labute approximate surface area is 104 Å². The van der Waals surface area contributed by atoms with E-state index in [-0.39, 0.29) is 5.91 Å². The van der Waals surface area contributed by atoms with Crippen molar-refractivity contribution in [2.75, 3.05) is 27.2 Å². The maximum Gasteiger partial charge on any atom is 0.252 e. The highest BCUT2D eigenvalue weighted by atomic mass is 75.9. The maximum atomic E-state index is 11.6. The van der Waals surface area contributed by atoms with E-state index in [0.29, 0.717) is 12.1 Å². The second-order valence-electron chi connectivity index (χ2n) is 3.78. The van der Waals surface area contributed by atoms with Crippen LogP contribution in [0.5, 0.6) is 0 Å². The minimum atomic E-state index is -0.0706. The topological polar surface area (TPSA) is 45.2 Å². The fourth-order valence-corrected chi connectivity index (χ4v) is 1.44. The molecule has 1 heterocycles. The van der Waals surface area contributed by atoms with E-state index in [2.05, 4.69) is 31.1 Å². The van der Waals surface area contributed by atoms with E-state index in [1.807, 2.05) is 14.1 Å². The van der Waals surface area contributed by atoms with Gasteiger partial charge in [0.05, 0.1) is 5.56 Å². The molecule has 0 aliphatic rings. The number of halogens is 1. The molecule has 0 aromatic carbocycles. The van der Waals surface area contributed by atoms with Crippen LogP contribution in [-0.4, -0.2) is 43.0 Å². The van der Waals surface area contributed by atoms with Gasteiger partial charge in [-0.2, -0.15) is 0 Å². The number of nitrogens with one attached hydrogen (secondary N) is 1. The molecule has 16 heavy (non-hydrogen) atoms. The van der Waals surface area contributed by atoms with Crippen LogP contribution >= 0.6 is 15.9 Å². The summed E-state index contributed by atoms with van der Waals surface area (Å²) in [6.45, 7) is 1.66. The number of amides is 1. The van der Waals surface area contributed by atoms with Gasteiger partial charge >= 0.3 is 0 Å². The van der Waals surface area contributed by atoms with Gasteiger partial charge in [-0.3, -0.25) is 4.79 Å². The first-order chi connectivity index (χ1) is 7.59. The summed E-state index contributed by atoms with van der Waals surface area (Å²) in [5, 5.41) is 2.85. The summed E-state index contributed by atoms with van der Waals surface area (Å²) in [4.78, 5) is 17.7. The summed E-state index contributed by atoms with van der Waals surface area (Å²) < 4.78 is 0.733. The first kappa shape index (κ1) is 13.1. The van der Waals surface area contributed by atoms with Crippen molar-refractivity contribution in [1.29, 1.82) is 0 Å². The van der Waals surface area contributed by atoms with E-state index in [1.54, 1.807) is 18.3 Å². The van der Waals surface area contributed by atoms with Crippen molar-refractivity contribution in [1.82, 2.24) is 15.2 Å². The van der Waals surface area contributed by atoms with Gasteiger partial charge < -0.3 is 10.2 Å². The molecule has 0 bridgehead atoms. The summed E-state index contributed by atoms with van der Waals surface area (Å²) >= 11 is 3.23. The van der Waals surface area contributed by atoms with Crippen LogP contribution in [0.15, 0.2) is 22.9 Å². The van der Waals surface area contributed by atoms with Crippen LogP contribution in [0.1, 0.15) is 16.8 Å². The highest BCUT2D eigenvalue weighted by Gasteiger charge is 2.04. The van der Waals surface area contributed by atoms with Gasteiger partial charge in [0.2, 0.25) is 0 Å². The van der Waals surface area contributed by atoms with Crippen molar-refractivity contribution in [3.05, 3.63) is 28.5 Å². The lowest BCUT2D eigenvalue weighted by atomic mass is 10.2. The van der Waals surface area contributed by atoms with Crippen molar-refractivity contribution < 1.29 is 4.79 Å². The van der Waals surface area contributed by atoms with Gasteiger partial charge in [-0.25, -0.2) is 4.98 Å². The number of hydrogen-bond donors (Lipinski definition) is 1. The van der Waals surface area contributed by atoms with Gasteiger partial charge in [0.25, 0.3) is 5.91 Å². The van der Waals surface area contributed by atoms with Crippen LogP contribution in [0.2, 0.25) is 0 Å². The van der Waals surface area contributed by atoms with Crippen molar-refractivity contribution >= 4 is 21.8 Å². The number of carbonyl (C=O) groups excluding carboxylic acids is 1. The zero-order chi connectivity index (χ0) is 12.0. The third-order valence-corrected chi connectivity index (χ3v) is 2.53. The molecule has 0 aliphatic carbocycles. The Hall–Kier alpha value is -0.940. The monoisotopic (exact) mass is 282 g/mol. The molecule has 0 spiro atoms. The van der Waals surface area contributed by atoms with Crippen molar-refractivity contribution in [2.24, 2.45) is 0 Å². The predicted molar refractivity (Wildman–Crippen MR) is 67.4 cm³/mol. The van der Waals surface area contributed by atoms with Crippen LogP contribution in [0, 0.1) is 0 Å². The largest absolute Gasteiger partial charge is 0.352 e. The molecule has 0 atom stereocenters. The van der Waals surface area contributed by atoms with E-state index in [4.69, 9.17) is 0 Å². The molecular weight excluding hydrogens is 266 g/mol. The molecule has 0 unspecified atom stereocenters. The Morgan fingerprint density at radius 1 is 1.50 bits per heavy atom. The van der Waals surface area contributed by atoms with Gasteiger partial charge in [-0.05, 0) is 55.1 Å². The quantitative estimate of drug-likeness (QED) is 0.658. The van der Waals surface area contributed by atoms with Crippen molar-refractivity contribution in [2.45, 2.75) is 6.42 Å². The number of aromatic nitrogens is 1. The molecule has 0 aliphatic heterocycles. The second kappa shape index (κ2) is 6.60. The first-order valence-corrected chi connectivity index (χ1v) is 5.93. The molecule has 1 aromatic heterocycles. The molecule has 0 radical (unpaired) electrons. The summed E-state index contributed by atoms with van der Waals surface area (Å²) in [5.41, 5.74) is 0.591. The summed E-state index contributed by atoms with van der Waals surface area (Å²) in [6.07, 6.45) is 2.51. The van der Waals surface area contributed by atoms with E-state index in [9.17, 15) is 4.79 Å². The average molecular weight is 282 g/mol. The lowest BCUT2D eigenvalue weighted by molar-refractivity contribution is 0.0952. The molecule has 88 valence electrons. The molecule has 0 saturated heterocycles. The lowest BCUT2D eigenvalue weighted by Crippen LogP contribution is -2.27. The zero-order valence-electron chi connectivity index (χ0n) is 9.53. The maximum absolute atomic E-state index is 11.6. The first-order valence-electron chi connectivity index (χ1n) is 5.14. The molecule has 4 nitrogen and oxygen atoms in total. The molecule has 0 fully saturated rings. The number of hydrogen-bond acceptors (Lipinski definition) is 3. The Balaban J connectivity index is 2.32. The Morgan fingerprint density at radius 2 is 2.25 bits per heavy atom. The summed E-state index contributed by atoms with van der Waals surface area (Å²) in [6, 6.07) is 3.51. The normalized spacial score (nSPS) is 10.5. The molecular formula is C11H16BrN3O. The van der Waals surface area contributed by atoms with Gasteiger partial charge in [-0.15, -0.1) is 0 Å². The molecule has 5 heteroatoms. The Kier molecular flexibility index (Phi) is 5.42. The second-order valence-corrected chi connectivity index (χ2v) is 4.59. The fourth-order valence-electron chi connectivity index (χ4n) is 1.21. The summed E-state index contributed by atoms with van der Waals surface area (Å²) in [7, 11) is 4.03. The Morgan fingerprint density at radius 3 is 2.81 bits per heavy atom. The number of pyridine rings is 1. The van der Waals surface area contributed by atoms with Gasteiger partial charge in [0.15, 0.2) is 0 Å². The van der Waals surface area contributed by atoms with Crippen LogP contribution in [0.3, 0.4) is 0 Å². The number of nitrogens with zero attached hydrogens (tertiary/aromatic N) is 2. The molecule has 1 rings (SSSR count).